The second-order valence-electron chi connectivity index (χ2n) is 8.81. The number of methoxy groups -OCH3 is 3. The van der Waals surface area contributed by atoms with E-state index in [0.717, 1.165) is 46.7 Å². The van der Waals surface area contributed by atoms with Gasteiger partial charge in [0.25, 0.3) is 0 Å². The maximum absolute atomic E-state index is 13.4. The van der Waals surface area contributed by atoms with Gasteiger partial charge in [-0.25, -0.2) is 0 Å². The van der Waals surface area contributed by atoms with Crippen LogP contribution in [0.4, 0.5) is 0 Å². The minimum atomic E-state index is -0.144. The average Bonchev–Trinajstić information content (AvgIpc) is 3.24. The highest BCUT2D eigenvalue weighted by molar-refractivity contribution is 6.16. The summed E-state index contributed by atoms with van der Waals surface area (Å²) in [5, 5.41) is 0. The summed E-state index contributed by atoms with van der Waals surface area (Å²) in [7, 11) is 4.87. The number of allylic oxidation sites excluding steroid dienone is 1. The fraction of sp³-hybridized carbons (Fsp3) is 0.276. The molecule has 36 heavy (non-hydrogen) atoms. The molecule has 0 N–H and O–H groups in total. The van der Waals surface area contributed by atoms with Crippen molar-refractivity contribution in [1.82, 2.24) is 4.90 Å². The summed E-state index contributed by atoms with van der Waals surface area (Å²) in [4.78, 5) is 15.6. The van der Waals surface area contributed by atoms with Gasteiger partial charge in [0.15, 0.2) is 5.76 Å². The highest BCUT2D eigenvalue weighted by Gasteiger charge is 2.35. The standard InChI is InChI=1S/C29H29NO6/c1-18-13-25-22(16-30(17-35-25)12-11-19-7-5-6-8-23(19)33-3)29-27(18)28(31)26(36-29)14-20-9-10-21(32-2)15-24(20)34-4/h5-10,13-15H,11-12,16-17H2,1-4H3/b26-14-. The molecule has 2 aliphatic rings. The summed E-state index contributed by atoms with van der Waals surface area (Å²) in [5.74, 6) is 3.60. The first-order chi connectivity index (χ1) is 17.5. The number of aryl methyl sites for hydroxylation is 1. The predicted molar refractivity (Wildman–Crippen MR) is 136 cm³/mol. The molecule has 0 unspecified atom stereocenters. The molecule has 0 atom stereocenters. The SMILES string of the molecule is COc1ccc(/C=C2\Oc3c4c(cc(C)c3C2=O)OCN(CCc2ccccc2OC)C4)c(OC)c1. The van der Waals surface area contributed by atoms with E-state index in [1.165, 1.54) is 0 Å². The van der Waals surface area contributed by atoms with E-state index >= 15 is 0 Å². The van der Waals surface area contributed by atoms with Crippen molar-refractivity contribution in [1.29, 1.82) is 0 Å². The second kappa shape index (κ2) is 9.95. The zero-order valence-corrected chi connectivity index (χ0v) is 20.9. The Hall–Kier alpha value is -3.97. The van der Waals surface area contributed by atoms with Crippen LogP contribution in [0.3, 0.4) is 0 Å². The van der Waals surface area contributed by atoms with Crippen molar-refractivity contribution in [2.75, 3.05) is 34.6 Å². The average molecular weight is 488 g/mol. The van der Waals surface area contributed by atoms with Crippen molar-refractivity contribution in [3.05, 3.63) is 82.1 Å². The zero-order chi connectivity index (χ0) is 25.2. The Kier molecular flexibility index (Phi) is 6.57. The highest BCUT2D eigenvalue weighted by Crippen LogP contribution is 2.44. The molecule has 186 valence electrons. The first-order valence-corrected chi connectivity index (χ1v) is 11.8. The summed E-state index contributed by atoms with van der Waals surface area (Å²) in [6, 6.07) is 15.4. The molecule has 0 bridgehead atoms. The van der Waals surface area contributed by atoms with E-state index in [4.69, 9.17) is 23.7 Å². The molecule has 3 aromatic carbocycles. The number of rotatable bonds is 7. The number of Topliss-reactive ketones (excluding diaryl/α,β-unsaturated/α-hetero) is 1. The normalized spacial score (nSPS) is 15.7. The predicted octanol–water partition coefficient (Wildman–Crippen LogP) is 5.03. The van der Waals surface area contributed by atoms with Crippen LogP contribution in [0.15, 0.2) is 54.3 Å². The Bertz CT molecular complexity index is 1350. The summed E-state index contributed by atoms with van der Waals surface area (Å²) in [5.41, 5.74) is 4.19. The first kappa shape index (κ1) is 23.8. The van der Waals surface area contributed by atoms with E-state index in [0.29, 0.717) is 36.1 Å². The van der Waals surface area contributed by atoms with Crippen molar-refractivity contribution in [3.63, 3.8) is 0 Å². The van der Waals surface area contributed by atoms with E-state index in [1.807, 2.05) is 43.3 Å². The maximum Gasteiger partial charge on any atom is 0.232 e. The molecule has 3 aromatic rings. The number of ether oxygens (including phenoxy) is 5. The third-order valence-corrected chi connectivity index (χ3v) is 6.60. The third-order valence-electron chi connectivity index (χ3n) is 6.60. The smallest absolute Gasteiger partial charge is 0.232 e. The molecule has 0 saturated heterocycles. The fourth-order valence-corrected chi connectivity index (χ4v) is 4.69. The highest BCUT2D eigenvalue weighted by atomic mass is 16.5. The maximum atomic E-state index is 13.4. The van der Waals surface area contributed by atoms with E-state index in [2.05, 4.69) is 11.0 Å². The van der Waals surface area contributed by atoms with Crippen molar-refractivity contribution in [2.24, 2.45) is 0 Å². The van der Waals surface area contributed by atoms with Crippen LogP contribution in [-0.4, -0.2) is 45.3 Å². The van der Waals surface area contributed by atoms with Gasteiger partial charge in [-0.15, -0.1) is 0 Å². The van der Waals surface area contributed by atoms with Gasteiger partial charge in [-0.3, -0.25) is 9.69 Å². The molecule has 2 aliphatic heterocycles. The molecule has 5 rings (SSSR count). The number of para-hydroxylation sites is 1. The Labute approximate surface area is 210 Å². The molecular weight excluding hydrogens is 458 g/mol. The second-order valence-corrected chi connectivity index (χ2v) is 8.81. The Balaban J connectivity index is 1.41. The molecular formula is C29H29NO6. The molecule has 0 spiro atoms. The van der Waals surface area contributed by atoms with Crippen molar-refractivity contribution in [2.45, 2.75) is 19.9 Å². The lowest BCUT2D eigenvalue weighted by atomic mass is 9.98. The quantitative estimate of drug-likeness (QED) is 0.433. The van der Waals surface area contributed by atoms with Gasteiger partial charge in [-0.05, 0) is 54.8 Å². The molecule has 7 nitrogen and oxygen atoms in total. The van der Waals surface area contributed by atoms with Crippen LogP contribution in [0.5, 0.6) is 28.7 Å². The Morgan fingerprint density at radius 1 is 1.00 bits per heavy atom. The number of ketones is 1. The summed E-state index contributed by atoms with van der Waals surface area (Å²) < 4.78 is 28.5. The summed E-state index contributed by atoms with van der Waals surface area (Å²) >= 11 is 0. The Morgan fingerprint density at radius 2 is 1.81 bits per heavy atom. The monoisotopic (exact) mass is 487 g/mol. The van der Waals surface area contributed by atoms with Crippen LogP contribution < -0.4 is 23.7 Å². The van der Waals surface area contributed by atoms with Gasteiger partial charge in [0.05, 0.1) is 32.5 Å². The zero-order valence-electron chi connectivity index (χ0n) is 20.9. The van der Waals surface area contributed by atoms with Crippen LogP contribution in [0.25, 0.3) is 6.08 Å². The van der Waals surface area contributed by atoms with Crippen LogP contribution in [0.2, 0.25) is 0 Å². The van der Waals surface area contributed by atoms with Crippen LogP contribution in [0, 0.1) is 6.92 Å². The van der Waals surface area contributed by atoms with Gasteiger partial charge in [-0.1, -0.05) is 18.2 Å². The van der Waals surface area contributed by atoms with E-state index in [-0.39, 0.29) is 11.5 Å². The van der Waals surface area contributed by atoms with Gasteiger partial charge in [-0.2, -0.15) is 0 Å². The molecule has 2 heterocycles. The molecule has 0 aliphatic carbocycles. The van der Waals surface area contributed by atoms with Crippen LogP contribution >= 0.6 is 0 Å². The number of carbonyl (C=O) groups excluding carboxylic acids is 1. The largest absolute Gasteiger partial charge is 0.497 e. The lowest BCUT2D eigenvalue weighted by molar-refractivity contribution is 0.0947. The van der Waals surface area contributed by atoms with Crippen molar-refractivity contribution in [3.8, 4) is 28.7 Å². The molecule has 0 radical (unpaired) electrons. The summed E-state index contributed by atoms with van der Waals surface area (Å²) in [6.07, 6.45) is 2.54. The van der Waals surface area contributed by atoms with E-state index < -0.39 is 0 Å². The van der Waals surface area contributed by atoms with Crippen molar-refractivity contribution < 1.29 is 28.5 Å². The topological polar surface area (TPSA) is 66.5 Å². The number of benzene rings is 3. The van der Waals surface area contributed by atoms with Gasteiger partial charge in [0, 0.05) is 24.7 Å². The van der Waals surface area contributed by atoms with Crippen LogP contribution in [-0.2, 0) is 13.0 Å². The number of hydrogen-bond acceptors (Lipinski definition) is 7. The number of nitrogens with zero attached hydrogens (tertiary/aromatic N) is 1. The lowest BCUT2D eigenvalue weighted by Crippen LogP contribution is -2.34. The number of fused-ring (bicyclic) bond motifs is 3. The van der Waals surface area contributed by atoms with Gasteiger partial charge in [0.2, 0.25) is 5.78 Å². The van der Waals surface area contributed by atoms with Gasteiger partial charge in [0.1, 0.15) is 35.5 Å². The third kappa shape index (κ3) is 4.38. The number of hydrogen-bond donors (Lipinski definition) is 0. The molecule has 0 amide bonds. The molecule has 0 aromatic heterocycles. The van der Waals surface area contributed by atoms with Crippen molar-refractivity contribution >= 4 is 11.9 Å². The minimum absolute atomic E-state index is 0.144. The number of carbonyl (C=O) groups is 1. The molecule has 0 fully saturated rings. The first-order valence-electron chi connectivity index (χ1n) is 11.8. The molecule has 0 saturated carbocycles. The van der Waals surface area contributed by atoms with Gasteiger partial charge < -0.3 is 23.7 Å². The van der Waals surface area contributed by atoms with E-state index in [9.17, 15) is 4.79 Å². The Morgan fingerprint density at radius 3 is 2.58 bits per heavy atom. The van der Waals surface area contributed by atoms with Gasteiger partial charge >= 0.3 is 0 Å². The minimum Gasteiger partial charge on any atom is -0.497 e. The van der Waals surface area contributed by atoms with Crippen LogP contribution in [0.1, 0.15) is 32.6 Å². The summed E-state index contributed by atoms with van der Waals surface area (Å²) in [6.45, 7) is 3.79. The molecule has 7 heteroatoms. The lowest BCUT2D eigenvalue weighted by Gasteiger charge is -2.30. The van der Waals surface area contributed by atoms with E-state index in [1.54, 1.807) is 33.5 Å². The fourth-order valence-electron chi connectivity index (χ4n) is 4.69.